The smallest absolute Gasteiger partial charge is 0.318 e. The summed E-state index contributed by atoms with van der Waals surface area (Å²) < 4.78 is 2.17. The topological polar surface area (TPSA) is 71.3 Å². The Labute approximate surface area is 181 Å². The first-order chi connectivity index (χ1) is 14.9. The van der Waals surface area contributed by atoms with Crippen LogP contribution in [-0.2, 0) is 0 Å². The van der Waals surface area contributed by atoms with E-state index in [1.165, 1.54) is 0 Å². The fourth-order valence-electron chi connectivity index (χ4n) is 3.88. The third kappa shape index (κ3) is 4.48. The Balaban J connectivity index is 1.50. The van der Waals surface area contributed by atoms with Crippen molar-refractivity contribution >= 4 is 28.8 Å². The zero-order chi connectivity index (χ0) is 22.0. The molecule has 2 aromatic carbocycles. The van der Waals surface area contributed by atoms with Crippen molar-refractivity contribution in [1.29, 1.82) is 0 Å². The summed E-state index contributed by atoms with van der Waals surface area (Å²) in [6, 6.07) is 17.8. The normalized spacial score (nSPS) is 11.2. The number of urea groups is 1. The van der Waals surface area contributed by atoms with Crippen LogP contribution < -0.4 is 10.7 Å². The van der Waals surface area contributed by atoms with E-state index >= 15 is 0 Å². The summed E-state index contributed by atoms with van der Waals surface area (Å²) in [6.07, 6.45) is 3.47. The van der Waals surface area contributed by atoms with Gasteiger partial charge in [0.1, 0.15) is 0 Å². The number of aryl methyl sites for hydroxylation is 3. The Morgan fingerprint density at radius 3 is 2.55 bits per heavy atom. The summed E-state index contributed by atoms with van der Waals surface area (Å²) in [5.41, 5.74) is 10.6. The maximum atomic E-state index is 12.2. The second kappa shape index (κ2) is 8.44. The van der Waals surface area contributed by atoms with Crippen molar-refractivity contribution in [3.05, 3.63) is 88.9 Å². The number of amides is 2. The van der Waals surface area contributed by atoms with E-state index in [-0.39, 0.29) is 6.03 Å². The molecule has 156 valence electrons. The largest absolute Gasteiger partial charge is 0.339 e. The molecular weight excluding hydrogens is 386 g/mol. The fraction of sp³-hybridized carbons (Fsp3) is 0.160. The van der Waals surface area contributed by atoms with E-state index in [9.17, 15) is 4.79 Å². The van der Waals surface area contributed by atoms with Gasteiger partial charge in [0, 0.05) is 39.9 Å². The molecule has 4 aromatic rings. The van der Waals surface area contributed by atoms with Crippen LogP contribution in [0, 0.1) is 27.7 Å². The minimum Gasteiger partial charge on any atom is -0.318 e. The summed E-state index contributed by atoms with van der Waals surface area (Å²) in [5, 5.41) is 8.03. The SMILES string of the molecule is Cc1cc(C)cc(NC(=O)N/N=C/c2cc(C)n(-c3ccc4ncccc4c3)c2C)c1. The molecule has 0 fully saturated rings. The molecule has 31 heavy (non-hydrogen) atoms. The fourth-order valence-corrected chi connectivity index (χ4v) is 3.88. The van der Waals surface area contributed by atoms with E-state index < -0.39 is 0 Å². The Bertz CT molecular complexity index is 1280. The predicted octanol–water partition coefficient (Wildman–Crippen LogP) is 5.41. The Morgan fingerprint density at radius 2 is 1.77 bits per heavy atom. The average molecular weight is 412 g/mol. The van der Waals surface area contributed by atoms with Crippen LogP contribution in [0.4, 0.5) is 10.5 Å². The van der Waals surface area contributed by atoms with Gasteiger partial charge >= 0.3 is 6.03 Å². The number of hydrazone groups is 1. The van der Waals surface area contributed by atoms with Crippen molar-refractivity contribution in [1.82, 2.24) is 15.0 Å². The van der Waals surface area contributed by atoms with Gasteiger partial charge in [0.25, 0.3) is 0 Å². The first-order valence-corrected chi connectivity index (χ1v) is 10.1. The van der Waals surface area contributed by atoms with E-state index in [4.69, 9.17) is 0 Å². The third-order valence-corrected chi connectivity index (χ3v) is 5.16. The van der Waals surface area contributed by atoms with Crippen molar-refractivity contribution in [3.8, 4) is 5.69 Å². The summed E-state index contributed by atoms with van der Waals surface area (Å²) in [6.45, 7) is 8.08. The Hall–Kier alpha value is -3.93. The number of aromatic nitrogens is 2. The van der Waals surface area contributed by atoms with Gasteiger partial charge < -0.3 is 9.88 Å². The summed E-state index contributed by atoms with van der Waals surface area (Å²) in [4.78, 5) is 16.6. The number of nitrogens with one attached hydrogen (secondary N) is 2. The first-order valence-electron chi connectivity index (χ1n) is 10.1. The molecule has 0 aliphatic heterocycles. The number of hydrogen-bond acceptors (Lipinski definition) is 3. The van der Waals surface area contributed by atoms with Gasteiger partial charge in [0.15, 0.2) is 0 Å². The van der Waals surface area contributed by atoms with E-state index in [0.29, 0.717) is 0 Å². The van der Waals surface area contributed by atoms with Crippen LogP contribution >= 0.6 is 0 Å². The van der Waals surface area contributed by atoms with Crippen LogP contribution in [0.3, 0.4) is 0 Å². The van der Waals surface area contributed by atoms with Gasteiger partial charge in [-0.25, -0.2) is 10.2 Å². The summed E-state index contributed by atoms with van der Waals surface area (Å²) in [7, 11) is 0. The molecule has 0 unspecified atom stereocenters. The van der Waals surface area contributed by atoms with Gasteiger partial charge in [0.2, 0.25) is 0 Å². The standard InChI is InChI=1S/C25H25N5O/c1-16-10-17(2)12-22(11-16)28-25(31)29-27-15-21-13-18(3)30(19(21)4)23-7-8-24-20(14-23)6-5-9-26-24/h5-15H,1-4H3,(H2,28,29,31)/b27-15+. The van der Waals surface area contributed by atoms with E-state index in [1.807, 2.05) is 45.0 Å². The molecule has 0 saturated heterocycles. The molecule has 2 heterocycles. The lowest BCUT2D eigenvalue weighted by Gasteiger charge is -2.10. The molecule has 0 atom stereocenters. The number of benzene rings is 2. The van der Waals surface area contributed by atoms with Gasteiger partial charge in [-0.05, 0) is 81.3 Å². The molecule has 0 aliphatic rings. The highest BCUT2D eigenvalue weighted by Crippen LogP contribution is 2.23. The van der Waals surface area contributed by atoms with Gasteiger partial charge in [-0.1, -0.05) is 12.1 Å². The quantitative estimate of drug-likeness (QED) is 0.348. The van der Waals surface area contributed by atoms with Crippen molar-refractivity contribution in [2.24, 2.45) is 5.10 Å². The molecule has 2 aromatic heterocycles. The highest BCUT2D eigenvalue weighted by atomic mass is 16.2. The van der Waals surface area contributed by atoms with Crippen LogP contribution in [0.15, 0.2) is 65.9 Å². The molecule has 6 nitrogen and oxygen atoms in total. The number of pyridine rings is 1. The van der Waals surface area contributed by atoms with Crippen LogP contribution in [-0.4, -0.2) is 21.8 Å². The molecule has 4 rings (SSSR count). The number of nitrogens with zero attached hydrogens (tertiary/aromatic N) is 3. The average Bonchev–Trinajstić information content (AvgIpc) is 3.00. The number of rotatable bonds is 4. The molecule has 0 spiro atoms. The molecule has 2 N–H and O–H groups in total. The summed E-state index contributed by atoms with van der Waals surface area (Å²) >= 11 is 0. The van der Waals surface area contributed by atoms with Crippen LogP contribution in [0.25, 0.3) is 16.6 Å². The molecule has 2 amide bonds. The molecule has 0 radical (unpaired) electrons. The third-order valence-electron chi connectivity index (χ3n) is 5.16. The lowest BCUT2D eigenvalue weighted by molar-refractivity contribution is 0.252. The van der Waals surface area contributed by atoms with Crippen molar-refractivity contribution in [3.63, 3.8) is 0 Å². The Kier molecular flexibility index (Phi) is 5.54. The Morgan fingerprint density at radius 1 is 1.00 bits per heavy atom. The lowest BCUT2D eigenvalue weighted by Crippen LogP contribution is -2.24. The zero-order valence-corrected chi connectivity index (χ0v) is 18.1. The van der Waals surface area contributed by atoms with E-state index in [2.05, 4.69) is 62.7 Å². The second-order valence-corrected chi connectivity index (χ2v) is 7.74. The number of carbonyl (C=O) groups is 1. The number of carbonyl (C=O) groups excluding carboxylic acids is 1. The van der Waals surface area contributed by atoms with E-state index in [0.717, 1.165) is 50.4 Å². The van der Waals surface area contributed by atoms with Gasteiger partial charge in [-0.3, -0.25) is 4.98 Å². The minimum absolute atomic E-state index is 0.378. The van der Waals surface area contributed by atoms with Crippen LogP contribution in [0.5, 0.6) is 0 Å². The van der Waals surface area contributed by atoms with E-state index in [1.54, 1.807) is 12.4 Å². The lowest BCUT2D eigenvalue weighted by atomic mass is 10.1. The highest BCUT2D eigenvalue weighted by molar-refractivity contribution is 5.91. The van der Waals surface area contributed by atoms with Gasteiger partial charge in [-0.2, -0.15) is 5.10 Å². The van der Waals surface area contributed by atoms with Crippen molar-refractivity contribution in [2.75, 3.05) is 5.32 Å². The van der Waals surface area contributed by atoms with Crippen molar-refractivity contribution in [2.45, 2.75) is 27.7 Å². The van der Waals surface area contributed by atoms with Crippen molar-refractivity contribution < 1.29 is 4.79 Å². The molecule has 6 heteroatoms. The van der Waals surface area contributed by atoms with Gasteiger partial charge in [-0.15, -0.1) is 0 Å². The first kappa shape index (κ1) is 20.3. The highest BCUT2D eigenvalue weighted by Gasteiger charge is 2.10. The minimum atomic E-state index is -0.378. The van der Waals surface area contributed by atoms with Crippen LogP contribution in [0.1, 0.15) is 28.1 Å². The predicted molar refractivity (Wildman–Crippen MR) is 126 cm³/mol. The molecular formula is C25H25N5O. The number of hydrogen-bond donors (Lipinski definition) is 2. The monoisotopic (exact) mass is 411 g/mol. The molecule has 0 aliphatic carbocycles. The molecule has 0 saturated carbocycles. The maximum Gasteiger partial charge on any atom is 0.339 e. The zero-order valence-electron chi connectivity index (χ0n) is 18.1. The number of anilines is 1. The maximum absolute atomic E-state index is 12.2. The molecule has 0 bridgehead atoms. The number of fused-ring (bicyclic) bond motifs is 1. The van der Waals surface area contributed by atoms with Crippen LogP contribution in [0.2, 0.25) is 0 Å². The van der Waals surface area contributed by atoms with Gasteiger partial charge in [0.05, 0.1) is 11.7 Å². The summed E-state index contributed by atoms with van der Waals surface area (Å²) in [5.74, 6) is 0. The second-order valence-electron chi connectivity index (χ2n) is 7.74.